The van der Waals surface area contributed by atoms with Gasteiger partial charge in [0.1, 0.15) is 0 Å². The molecule has 0 aliphatic heterocycles. The van der Waals surface area contributed by atoms with Crippen LogP contribution < -0.4 is 68.7 Å². The predicted octanol–water partition coefficient (Wildman–Crippen LogP) is -3.19. The van der Waals surface area contributed by atoms with Crippen molar-refractivity contribution >= 4 is 27.1 Å². The van der Waals surface area contributed by atoms with Crippen molar-refractivity contribution in [2.24, 2.45) is 10.3 Å². The van der Waals surface area contributed by atoms with Gasteiger partial charge in [0.05, 0.1) is 5.56 Å². The smallest absolute Gasteiger partial charge is 0.488 e. The van der Waals surface area contributed by atoms with E-state index in [4.69, 9.17) is 8.97 Å². The van der Waals surface area contributed by atoms with Crippen LogP contribution in [0.15, 0.2) is 55.9 Å². The zero-order chi connectivity index (χ0) is 19.6. The Hall–Kier alpha value is -1.24. The fraction of sp³-hybridized carbons (Fsp3) is 0.118. The van der Waals surface area contributed by atoms with E-state index in [1.165, 1.54) is 41.4 Å². The van der Waals surface area contributed by atoms with E-state index in [1.54, 1.807) is 14.1 Å². The molecule has 0 spiro atoms. The Kier molecular flexibility index (Phi) is 9.51. The van der Waals surface area contributed by atoms with Crippen LogP contribution >= 0.6 is 0 Å². The predicted molar refractivity (Wildman–Crippen MR) is 96.0 cm³/mol. The Morgan fingerprint density at radius 1 is 1.21 bits per heavy atom. The van der Waals surface area contributed by atoms with Crippen molar-refractivity contribution in [3.63, 3.8) is 0 Å². The van der Waals surface area contributed by atoms with E-state index >= 15 is 0 Å². The van der Waals surface area contributed by atoms with Gasteiger partial charge >= 0.3 is 75.5 Å². The van der Waals surface area contributed by atoms with Crippen LogP contribution in [-0.4, -0.2) is 32.1 Å². The average molecular weight is 433 g/mol. The van der Waals surface area contributed by atoms with E-state index in [-0.39, 0.29) is 81.2 Å². The topological polar surface area (TPSA) is 122 Å². The Morgan fingerprint density at radius 3 is 2.59 bits per heavy atom. The van der Waals surface area contributed by atoms with Crippen LogP contribution in [0.5, 0.6) is 5.95 Å². The quantitative estimate of drug-likeness (QED) is 0.148. The maximum Gasteiger partial charge on any atom is 1.00 e. The van der Waals surface area contributed by atoms with Crippen LogP contribution in [0.1, 0.15) is 0 Å². The van der Waals surface area contributed by atoms with E-state index in [0.717, 1.165) is 0 Å². The van der Waals surface area contributed by atoms with Crippen molar-refractivity contribution < 1.29 is 80.7 Å². The molecule has 0 atom stereocenters. The summed E-state index contributed by atoms with van der Waals surface area (Å²) in [5.41, 5.74) is -0.143. The number of hydrogen-bond acceptors (Lipinski definition) is 7. The molecule has 1 heterocycles. The molecule has 0 aliphatic carbocycles. The van der Waals surface area contributed by atoms with Gasteiger partial charge in [0, 0.05) is 19.7 Å². The summed E-state index contributed by atoms with van der Waals surface area (Å²) in [5.74, 6) is -0.670. The molecule has 140 valence electrons. The summed E-state index contributed by atoms with van der Waals surface area (Å²) in [4.78, 5) is 12.9. The van der Waals surface area contributed by atoms with Gasteiger partial charge in [0.15, 0.2) is 5.43 Å². The summed E-state index contributed by atoms with van der Waals surface area (Å²) >= 11 is 0. The van der Waals surface area contributed by atoms with Crippen LogP contribution in [0.2, 0.25) is 0 Å². The van der Waals surface area contributed by atoms with E-state index < -0.39 is 21.8 Å². The summed E-state index contributed by atoms with van der Waals surface area (Å²) in [6.07, 6.45) is 0. The van der Waals surface area contributed by atoms with Crippen LogP contribution in [0.25, 0.3) is 22.1 Å². The minimum absolute atomic E-state index is 0. The molecular formula is C17H13N3Na2O6S. The maximum absolute atomic E-state index is 12.9. The van der Waals surface area contributed by atoms with E-state index in [1.807, 2.05) is 0 Å². The second-order valence-corrected chi connectivity index (χ2v) is 6.55. The summed E-state index contributed by atoms with van der Waals surface area (Å²) in [7, 11) is -1.56. The molecule has 1 N–H and O–H groups in total. The third-order valence-corrected chi connectivity index (χ3v) is 3.65. The van der Waals surface area contributed by atoms with Crippen molar-refractivity contribution in [3.8, 4) is 17.1 Å². The first-order valence-corrected chi connectivity index (χ1v) is 8.86. The normalized spacial score (nSPS) is 11.0. The molecule has 0 amide bonds. The second kappa shape index (κ2) is 10.7. The minimum atomic E-state index is -4.92. The van der Waals surface area contributed by atoms with E-state index in [0.29, 0.717) is 5.69 Å². The summed E-state index contributed by atoms with van der Waals surface area (Å²) < 4.78 is 41.3. The van der Waals surface area contributed by atoms with E-state index in [2.05, 4.69) is 26.7 Å². The van der Waals surface area contributed by atoms with Crippen molar-refractivity contribution in [3.05, 3.63) is 58.8 Å². The molecule has 0 unspecified atom stereocenters. The first kappa shape index (κ1) is 25.8. The Labute approximate surface area is 211 Å². The van der Waals surface area contributed by atoms with Crippen LogP contribution in [0.3, 0.4) is 0 Å². The van der Waals surface area contributed by atoms with Gasteiger partial charge < -0.3 is 8.60 Å². The van der Waals surface area contributed by atoms with Crippen molar-refractivity contribution in [2.75, 3.05) is 14.1 Å². The molecule has 0 fully saturated rings. The molecule has 0 radical (unpaired) electrons. The molecule has 9 nitrogen and oxygen atoms in total. The molecule has 2 aromatic carbocycles. The zero-order valence-electron chi connectivity index (χ0n) is 16.2. The fourth-order valence-corrected chi connectivity index (χ4v) is 2.58. The summed E-state index contributed by atoms with van der Waals surface area (Å²) in [5, 5.41) is 9.43. The zero-order valence-corrected chi connectivity index (χ0v) is 21.0. The number of fused-ring (bicyclic) bond motifs is 1. The molecular weight excluding hydrogens is 420 g/mol. The van der Waals surface area contributed by atoms with Gasteiger partial charge in [-0.2, -0.15) is 49.9 Å². The molecule has 12 heteroatoms. The molecule has 29 heavy (non-hydrogen) atoms. The van der Waals surface area contributed by atoms with E-state index in [9.17, 15) is 13.2 Å². The maximum atomic E-state index is 12.9. The summed E-state index contributed by atoms with van der Waals surface area (Å²) in [6.45, 7) is 0. The third kappa shape index (κ3) is 6.63. The third-order valence-electron chi connectivity index (χ3n) is 3.29. The number of hydrogen-bond donors (Lipinski definition) is 1. The van der Waals surface area contributed by atoms with Gasteiger partial charge in [-0.1, -0.05) is 5.22 Å². The largest absolute Gasteiger partial charge is 1.00 e. The summed E-state index contributed by atoms with van der Waals surface area (Å²) in [6, 6.07) is 14.3. The number of nitrogens with zero attached hydrogens (tertiary/aromatic N) is 3. The molecule has 3 rings (SSSR count). The number of rotatable bonds is 5. The van der Waals surface area contributed by atoms with Crippen molar-refractivity contribution in [1.29, 1.82) is 0 Å². The Bertz CT molecular complexity index is 1200. The van der Waals surface area contributed by atoms with Gasteiger partial charge in [0.25, 0.3) is 0 Å². The van der Waals surface area contributed by atoms with Crippen molar-refractivity contribution in [2.45, 2.75) is 0 Å². The van der Waals surface area contributed by atoms with Gasteiger partial charge in [-0.3, -0.25) is 14.4 Å². The monoisotopic (exact) mass is 433 g/mol. The van der Waals surface area contributed by atoms with Gasteiger partial charge in [0.2, 0.25) is 0 Å². The number of benzene rings is 2. The fourth-order valence-electron chi connectivity index (χ4n) is 2.27. The van der Waals surface area contributed by atoms with Crippen LogP contribution in [-0.2, 0) is 10.4 Å². The standard InChI is InChI=1S/C17H13N3O6S.2Na/c1-20(2)19-18-12-7-5-6-11(10-12)15-16(21)13-8-3-4-9-14(13)25-17(15)26-27(22,23)24;;/h3,5-6,8-10H,1-2H3,(H,22,23,24);;/q-2;2*+1. The first-order chi connectivity index (χ1) is 12.7. The van der Waals surface area contributed by atoms with Gasteiger partial charge in [-0.25, -0.2) is 0 Å². The van der Waals surface area contributed by atoms with Crippen LogP contribution in [0, 0.1) is 12.1 Å². The molecule has 1 aromatic heterocycles. The minimum Gasteiger partial charge on any atom is -0.488 e. The first-order valence-electron chi connectivity index (χ1n) is 7.49. The van der Waals surface area contributed by atoms with Gasteiger partial charge in [-0.05, 0) is 11.1 Å². The molecule has 0 saturated heterocycles. The van der Waals surface area contributed by atoms with Gasteiger partial charge in [-0.15, -0.1) is 17.7 Å². The average Bonchev–Trinajstić information content (AvgIpc) is 2.59. The Balaban J connectivity index is 0.00000210. The van der Waals surface area contributed by atoms with Crippen LogP contribution in [0.4, 0.5) is 5.69 Å². The molecule has 0 bridgehead atoms. The molecule has 3 aromatic rings. The Morgan fingerprint density at radius 2 is 1.93 bits per heavy atom. The second-order valence-electron chi connectivity index (χ2n) is 5.53. The SMILES string of the molecule is CN(C)N=Nc1[c-]ccc(-c2c(OS(=O)(=O)O)oc3c[c-]ccc3c2=O)c1.[Na+].[Na+]. The molecule has 0 saturated carbocycles. The molecule has 0 aliphatic rings. The van der Waals surface area contributed by atoms with Crippen molar-refractivity contribution in [1.82, 2.24) is 5.01 Å².